The van der Waals surface area contributed by atoms with Gasteiger partial charge in [0.25, 0.3) is 0 Å². The van der Waals surface area contributed by atoms with Crippen molar-refractivity contribution in [1.29, 1.82) is 0 Å². The van der Waals surface area contributed by atoms with Gasteiger partial charge in [-0.05, 0) is 55.2 Å². The van der Waals surface area contributed by atoms with E-state index < -0.39 is 5.41 Å². The fourth-order valence-electron chi connectivity index (χ4n) is 3.37. The summed E-state index contributed by atoms with van der Waals surface area (Å²) < 4.78 is 13.2. The minimum Gasteiger partial charge on any atom is -0.325 e. The zero-order valence-corrected chi connectivity index (χ0v) is 12.7. The van der Waals surface area contributed by atoms with Gasteiger partial charge in [0.2, 0.25) is 5.91 Å². The topological polar surface area (TPSA) is 29.1 Å². The molecule has 0 atom stereocenters. The van der Waals surface area contributed by atoms with Crippen LogP contribution in [0, 0.1) is 12.7 Å². The largest absolute Gasteiger partial charge is 0.325 e. The maximum Gasteiger partial charge on any atom is 0.235 e. The lowest BCUT2D eigenvalue weighted by Crippen LogP contribution is -2.38. The third kappa shape index (κ3) is 2.76. The molecule has 2 aromatic rings. The highest BCUT2D eigenvalue weighted by molar-refractivity contribution is 5.99. The number of hydrogen-bond acceptors (Lipinski definition) is 1. The monoisotopic (exact) mass is 297 g/mol. The summed E-state index contributed by atoms with van der Waals surface area (Å²) >= 11 is 0. The molecule has 1 aliphatic rings. The van der Waals surface area contributed by atoms with Crippen LogP contribution in [-0.4, -0.2) is 5.91 Å². The first kappa shape index (κ1) is 14.8. The number of amides is 1. The van der Waals surface area contributed by atoms with Crippen LogP contribution >= 0.6 is 0 Å². The van der Waals surface area contributed by atoms with E-state index in [1.165, 1.54) is 12.1 Å². The summed E-state index contributed by atoms with van der Waals surface area (Å²) in [6, 6.07) is 14.2. The van der Waals surface area contributed by atoms with Crippen LogP contribution in [0.5, 0.6) is 0 Å². The van der Waals surface area contributed by atoms with Gasteiger partial charge in [0.1, 0.15) is 5.82 Å². The van der Waals surface area contributed by atoms with Crippen molar-refractivity contribution in [3.05, 3.63) is 65.5 Å². The number of nitrogens with one attached hydrogen (secondary N) is 1. The van der Waals surface area contributed by atoms with Gasteiger partial charge in [0.15, 0.2) is 0 Å². The van der Waals surface area contributed by atoms with E-state index in [4.69, 9.17) is 0 Å². The molecule has 1 aliphatic carbocycles. The Morgan fingerprint density at radius 1 is 1.09 bits per heavy atom. The molecule has 0 radical (unpaired) electrons. The molecule has 3 rings (SSSR count). The predicted octanol–water partition coefficient (Wildman–Crippen LogP) is 4.58. The number of anilines is 1. The zero-order valence-electron chi connectivity index (χ0n) is 12.7. The molecule has 0 heterocycles. The van der Waals surface area contributed by atoms with Crippen LogP contribution in [0.2, 0.25) is 0 Å². The quantitative estimate of drug-likeness (QED) is 0.882. The van der Waals surface area contributed by atoms with E-state index in [1.807, 2.05) is 31.2 Å². The van der Waals surface area contributed by atoms with Crippen molar-refractivity contribution in [3.8, 4) is 0 Å². The molecule has 114 valence electrons. The number of carbonyl (C=O) groups is 1. The third-order valence-electron chi connectivity index (χ3n) is 4.56. The van der Waals surface area contributed by atoms with Gasteiger partial charge in [0.05, 0.1) is 5.41 Å². The van der Waals surface area contributed by atoms with Gasteiger partial charge in [-0.3, -0.25) is 4.79 Å². The highest BCUT2D eigenvalue weighted by atomic mass is 19.1. The maximum atomic E-state index is 13.2. The fraction of sp³-hybridized carbons (Fsp3) is 0.316. The Morgan fingerprint density at radius 2 is 1.77 bits per heavy atom. The molecule has 2 nitrogen and oxygen atoms in total. The summed E-state index contributed by atoms with van der Waals surface area (Å²) in [6.45, 7) is 2.00. The minimum absolute atomic E-state index is 0.0159. The van der Waals surface area contributed by atoms with Crippen LogP contribution in [0.4, 0.5) is 10.1 Å². The van der Waals surface area contributed by atoms with Gasteiger partial charge in [-0.2, -0.15) is 0 Å². The summed E-state index contributed by atoms with van der Waals surface area (Å²) in [7, 11) is 0. The van der Waals surface area contributed by atoms with Gasteiger partial charge in [-0.15, -0.1) is 0 Å². The Morgan fingerprint density at radius 3 is 2.41 bits per heavy atom. The van der Waals surface area contributed by atoms with E-state index in [2.05, 4.69) is 5.32 Å². The summed E-state index contributed by atoms with van der Waals surface area (Å²) in [5.41, 5.74) is 2.31. The lowest BCUT2D eigenvalue weighted by molar-refractivity contribution is -0.121. The minimum atomic E-state index is -0.530. The number of rotatable bonds is 3. The first-order chi connectivity index (χ1) is 10.6. The van der Waals surface area contributed by atoms with Gasteiger partial charge in [0, 0.05) is 5.69 Å². The Balaban J connectivity index is 1.90. The van der Waals surface area contributed by atoms with Crippen LogP contribution < -0.4 is 5.32 Å². The maximum absolute atomic E-state index is 13.2. The van der Waals surface area contributed by atoms with E-state index >= 15 is 0 Å². The molecule has 0 aromatic heterocycles. The van der Waals surface area contributed by atoms with Crippen LogP contribution in [0.1, 0.15) is 36.8 Å². The Labute approximate surface area is 130 Å². The summed E-state index contributed by atoms with van der Waals surface area (Å²) in [6.07, 6.45) is 3.68. The van der Waals surface area contributed by atoms with Crippen LogP contribution in [0.3, 0.4) is 0 Å². The second-order valence-electron chi connectivity index (χ2n) is 6.12. The van der Waals surface area contributed by atoms with Crippen molar-refractivity contribution in [2.24, 2.45) is 0 Å². The molecule has 22 heavy (non-hydrogen) atoms. The Hall–Kier alpha value is -2.16. The van der Waals surface area contributed by atoms with Crippen LogP contribution in [0.15, 0.2) is 48.5 Å². The number of benzene rings is 2. The highest BCUT2D eigenvalue weighted by Gasteiger charge is 2.42. The first-order valence-corrected chi connectivity index (χ1v) is 7.74. The molecule has 0 spiro atoms. The number of hydrogen-bond donors (Lipinski definition) is 1. The van der Waals surface area contributed by atoms with Gasteiger partial charge in [-0.25, -0.2) is 4.39 Å². The van der Waals surface area contributed by atoms with Gasteiger partial charge < -0.3 is 5.32 Å². The molecule has 0 aliphatic heterocycles. The molecule has 1 fully saturated rings. The van der Waals surface area contributed by atoms with Crippen molar-refractivity contribution in [1.82, 2.24) is 0 Å². The van der Waals surface area contributed by atoms with Gasteiger partial charge in [-0.1, -0.05) is 37.1 Å². The van der Waals surface area contributed by atoms with E-state index in [1.54, 1.807) is 12.1 Å². The molecular formula is C19H20FNO. The van der Waals surface area contributed by atoms with Gasteiger partial charge >= 0.3 is 0 Å². The van der Waals surface area contributed by atoms with Crippen molar-refractivity contribution < 1.29 is 9.18 Å². The summed E-state index contributed by atoms with van der Waals surface area (Å²) in [5, 5.41) is 3.05. The third-order valence-corrected chi connectivity index (χ3v) is 4.56. The molecule has 1 saturated carbocycles. The Bertz CT molecular complexity index is 672. The molecule has 1 amide bonds. The van der Waals surface area contributed by atoms with Crippen molar-refractivity contribution in [2.45, 2.75) is 38.0 Å². The first-order valence-electron chi connectivity index (χ1n) is 7.74. The van der Waals surface area contributed by atoms with E-state index in [0.29, 0.717) is 0 Å². The SMILES string of the molecule is Cc1cccc(NC(=O)C2(c3ccc(F)cc3)CCCC2)c1. The molecule has 3 heteroatoms. The normalized spacial score (nSPS) is 16.5. The predicted molar refractivity (Wildman–Crippen MR) is 86.4 cm³/mol. The average Bonchev–Trinajstić information content (AvgIpc) is 2.99. The number of halogens is 1. The average molecular weight is 297 g/mol. The zero-order chi connectivity index (χ0) is 15.6. The smallest absolute Gasteiger partial charge is 0.235 e. The molecule has 2 aromatic carbocycles. The van der Waals surface area contributed by atoms with E-state index in [0.717, 1.165) is 42.5 Å². The molecule has 1 N–H and O–H groups in total. The second kappa shape index (κ2) is 5.91. The van der Waals surface area contributed by atoms with Crippen LogP contribution in [-0.2, 0) is 10.2 Å². The number of carbonyl (C=O) groups excluding carboxylic acids is 1. The van der Waals surface area contributed by atoms with Crippen molar-refractivity contribution >= 4 is 11.6 Å². The number of aryl methyl sites for hydroxylation is 1. The van der Waals surface area contributed by atoms with E-state index in [9.17, 15) is 9.18 Å². The van der Waals surface area contributed by atoms with Crippen molar-refractivity contribution in [2.75, 3.05) is 5.32 Å². The lowest BCUT2D eigenvalue weighted by atomic mass is 9.78. The molecule has 0 saturated heterocycles. The lowest BCUT2D eigenvalue weighted by Gasteiger charge is -2.28. The molecule has 0 bridgehead atoms. The highest BCUT2D eigenvalue weighted by Crippen LogP contribution is 2.42. The standard InChI is InChI=1S/C19H20FNO/c1-14-5-4-6-17(13-14)21-18(22)19(11-2-3-12-19)15-7-9-16(20)10-8-15/h4-10,13H,2-3,11-12H2,1H3,(H,21,22). The summed E-state index contributed by atoms with van der Waals surface area (Å²) in [5.74, 6) is -0.252. The second-order valence-corrected chi connectivity index (χ2v) is 6.12. The molecule has 0 unspecified atom stereocenters. The van der Waals surface area contributed by atoms with Crippen LogP contribution in [0.25, 0.3) is 0 Å². The fourth-order valence-corrected chi connectivity index (χ4v) is 3.37. The molecular weight excluding hydrogens is 277 g/mol. The summed E-state index contributed by atoms with van der Waals surface area (Å²) in [4.78, 5) is 12.9. The Kier molecular flexibility index (Phi) is 3.97. The van der Waals surface area contributed by atoms with Crippen molar-refractivity contribution in [3.63, 3.8) is 0 Å². The van der Waals surface area contributed by atoms with E-state index in [-0.39, 0.29) is 11.7 Å².